The summed E-state index contributed by atoms with van der Waals surface area (Å²) in [4.78, 5) is 20.5. The molecule has 2 aromatic rings. The van der Waals surface area contributed by atoms with E-state index in [4.69, 9.17) is 14.2 Å². The van der Waals surface area contributed by atoms with Gasteiger partial charge < -0.3 is 14.2 Å². The van der Waals surface area contributed by atoms with Crippen LogP contribution in [0.3, 0.4) is 0 Å². The second-order valence-electron chi connectivity index (χ2n) is 5.46. The van der Waals surface area contributed by atoms with E-state index < -0.39 is 0 Å². The van der Waals surface area contributed by atoms with Crippen LogP contribution in [0.2, 0.25) is 0 Å². The molecular weight excluding hydrogens is 368 g/mol. The third-order valence-corrected chi connectivity index (χ3v) is 4.27. The molecule has 0 fully saturated rings. The number of rotatable bonds is 8. The van der Waals surface area contributed by atoms with E-state index >= 15 is 0 Å². The number of carbonyl (C=O) groups excluding carboxylic acids is 1. The van der Waals surface area contributed by atoms with Crippen molar-refractivity contribution in [1.82, 2.24) is 15.4 Å². The Balaban J connectivity index is 1.99. The highest BCUT2D eigenvalue weighted by atomic mass is 32.2. The first-order valence-corrected chi connectivity index (χ1v) is 9.02. The number of hydrazone groups is 1. The molecule has 2 rings (SSSR count). The standard InChI is InChI=1S/C18H22N4O4S/c1-11-6-12(2)21-18(20-11)27-10-17(23)22-19-9-13-7-15(25-4)16(26-5)8-14(13)24-3/h6-9H,10H2,1-5H3,(H,22,23)/b19-9-. The molecule has 0 aliphatic rings. The number of carbonyl (C=O) groups is 1. The Bertz CT molecular complexity index is 822. The molecule has 0 aliphatic heterocycles. The highest BCUT2D eigenvalue weighted by Crippen LogP contribution is 2.33. The van der Waals surface area contributed by atoms with Crippen molar-refractivity contribution in [3.63, 3.8) is 0 Å². The monoisotopic (exact) mass is 390 g/mol. The summed E-state index contributed by atoms with van der Waals surface area (Å²) in [6.07, 6.45) is 1.48. The van der Waals surface area contributed by atoms with Crippen LogP contribution in [0.15, 0.2) is 28.5 Å². The zero-order valence-electron chi connectivity index (χ0n) is 15.9. The molecule has 0 saturated carbocycles. The van der Waals surface area contributed by atoms with Gasteiger partial charge in [0, 0.05) is 23.0 Å². The van der Waals surface area contributed by atoms with Crippen molar-refractivity contribution in [3.05, 3.63) is 35.2 Å². The number of aryl methyl sites for hydroxylation is 2. The lowest BCUT2D eigenvalue weighted by Gasteiger charge is -2.11. The van der Waals surface area contributed by atoms with E-state index in [1.807, 2.05) is 19.9 Å². The first-order chi connectivity index (χ1) is 13.0. The maximum Gasteiger partial charge on any atom is 0.250 e. The summed E-state index contributed by atoms with van der Waals surface area (Å²) in [5.74, 6) is 1.51. The molecule has 1 amide bonds. The third-order valence-electron chi connectivity index (χ3n) is 3.42. The van der Waals surface area contributed by atoms with Gasteiger partial charge in [-0.05, 0) is 26.0 Å². The zero-order valence-corrected chi connectivity index (χ0v) is 16.7. The van der Waals surface area contributed by atoms with Crippen molar-refractivity contribution < 1.29 is 19.0 Å². The van der Waals surface area contributed by atoms with Gasteiger partial charge in [-0.15, -0.1) is 0 Å². The number of ether oxygens (including phenoxy) is 3. The summed E-state index contributed by atoms with van der Waals surface area (Å²) in [6, 6.07) is 5.28. The topological polar surface area (TPSA) is 94.9 Å². The lowest BCUT2D eigenvalue weighted by Crippen LogP contribution is -2.20. The zero-order chi connectivity index (χ0) is 19.8. The lowest BCUT2D eigenvalue weighted by atomic mass is 10.2. The molecule has 0 aliphatic carbocycles. The van der Waals surface area contributed by atoms with Gasteiger partial charge in [-0.1, -0.05) is 11.8 Å². The van der Waals surface area contributed by atoms with E-state index in [1.165, 1.54) is 25.1 Å². The highest BCUT2D eigenvalue weighted by molar-refractivity contribution is 7.99. The number of methoxy groups -OCH3 is 3. The molecule has 0 atom stereocenters. The minimum atomic E-state index is -0.265. The molecule has 8 nitrogen and oxygen atoms in total. The van der Waals surface area contributed by atoms with Gasteiger partial charge in [0.25, 0.3) is 5.91 Å². The summed E-state index contributed by atoms with van der Waals surface area (Å²) >= 11 is 1.25. The molecule has 0 bridgehead atoms. The molecule has 0 radical (unpaired) electrons. The quantitative estimate of drug-likeness (QED) is 0.320. The number of amides is 1. The van der Waals surface area contributed by atoms with Gasteiger partial charge >= 0.3 is 0 Å². The van der Waals surface area contributed by atoms with Gasteiger partial charge in [-0.2, -0.15) is 5.10 Å². The van der Waals surface area contributed by atoms with Crippen molar-refractivity contribution in [1.29, 1.82) is 0 Å². The molecule has 27 heavy (non-hydrogen) atoms. The minimum Gasteiger partial charge on any atom is -0.496 e. The number of benzene rings is 1. The molecule has 144 valence electrons. The molecule has 1 heterocycles. The van der Waals surface area contributed by atoms with E-state index in [0.29, 0.717) is 28.0 Å². The molecule has 0 spiro atoms. The molecule has 9 heteroatoms. The fourth-order valence-electron chi connectivity index (χ4n) is 2.25. The molecular formula is C18H22N4O4S. The Morgan fingerprint density at radius 1 is 1.04 bits per heavy atom. The molecule has 1 aromatic heterocycles. The number of aromatic nitrogens is 2. The second kappa shape index (κ2) is 9.77. The van der Waals surface area contributed by atoms with E-state index in [2.05, 4.69) is 20.5 Å². The Morgan fingerprint density at radius 2 is 1.63 bits per heavy atom. The average molecular weight is 390 g/mol. The smallest absolute Gasteiger partial charge is 0.250 e. The van der Waals surface area contributed by atoms with Gasteiger partial charge in [0.1, 0.15) is 5.75 Å². The maximum absolute atomic E-state index is 12.0. The number of hydrogen-bond acceptors (Lipinski definition) is 8. The fourth-order valence-corrected chi connectivity index (χ4v) is 2.99. The van der Waals surface area contributed by atoms with Crippen molar-refractivity contribution >= 4 is 23.9 Å². The third kappa shape index (κ3) is 5.85. The van der Waals surface area contributed by atoms with Crippen molar-refractivity contribution in [2.45, 2.75) is 19.0 Å². The number of hydrogen-bond donors (Lipinski definition) is 1. The average Bonchev–Trinajstić information content (AvgIpc) is 2.65. The Kier molecular flexibility index (Phi) is 7.42. The van der Waals surface area contributed by atoms with Crippen LogP contribution >= 0.6 is 11.8 Å². The van der Waals surface area contributed by atoms with E-state index in [-0.39, 0.29) is 11.7 Å². The van der Waals surface area contributed by atoms with E-state index in [1.54, 1.807) is 26.4 Å². The number of nitrogens with one attached hydrogen (secondary N) is 1. The van der Waals surface area contributed by atoms with Crippen LogP contribution in [0.1, 0.15) is 17.0 Å². The SMILES string of the molecule is COc1cc(OC)c(OC)cc1/C=N\NC(=O)CSc1nc(C)cc(C)n1. The van der Waals surface area contributed by atoms with Crippen LogP contribution in [0.4, 0.5) is 0 Å². The Labute approximate surface area is 162 Å². The van der Waals surface area contributed by atoms with Crippen LogP contribution < -0.4 is 19.6 Å². The van der Waals surface area contributed by atoms with Crippen LogP contribution in [0, 0.1) is 13.8 Å². The predicted molar refractivity (Wildman–Crippen MR) is 104 cm³/mol. The fraction of sp³-hybridized carbons (Fsp3) is 0.333. The summed E-state index contributed by atoms with van der Waals surface area (Å²) in [5, 5.41) is 4.54. The van der Waals surface area contributed by atoms with Crippen molar-refractivity contribution in [2.75, 3.05) is 27.1 Å². The molecule has 1 aromatic carbocycles. The van der Waals surface area contributed by atoms with Crippen LogP contribution in [0.5, 0.6) is 17.2 Å². The van der Waals surface area contributed by atoms with Gasteiger partial charge in [0.2, 0.25) is 0 Å². The van der Waals surface area contributed by atoms with Crippen LogP contribution in [-0.2, 0) is 4.79 Å². The highest BCUT2D eigenvalue weighted by Gasteiger charge is 2.11. The molecule has 0 saturated heterocycles. The van der Waals surface area contributed by atoms with E-state index in [0.717, 1.165) is 11.4 Å². The molecule has 1 N–H and O–H groups in total. The first kappa shape index (κ1) is 20.5. The summed E-state index contributed by atoms with van der Waals surface area (Å²) < 4.78 is 15.8. The van der Waals surface area contributed by atoms with Gasteiger partial charge in [-0.3, -0.25) is 4.79 Å². The van der Waals surface area contributed by atoms with Gasteiger partial charge in [0.15, 0.2) is 16.7 Å². The molecule has 0 unspecified atom stereocenters. The number of nitrogens with zero attached hydrogens (tertiary/aromatic N) is 3. The van der Waals surface area contributed by atoms with Crippen molar-refractivity contribution in [3.8, 4) is 17.2 Å². The maximum atomic E-state index is 12.0. The van der Waals surface area contributed by atoms with Crippen LogP contribution in [0.25, 0.3) is 0 Å². The van der Waals surface area contributed by atoms with Crippen LogP contribution in [-0.4, -0.2) is 49.2 Å². The van der Waals surface area contributed by atoms with Gasteiger partial charge in [-0.25, -0.2) is 15.4 Å². The Morgan fingerprint density at radius 3 is 2.22 bits per heavy atom. The lowest BCUT2D eigenvalue weighted by molar-refractivity contribution is -0.118. The van der Waals surface area contributed by atoms with Gasteiger partial charge in [0.05, 0.1) is 33.3 Å². The van der Waals surface area contributed by atoms with E-state index in [9.17, 15) is 4.79 Å². The summed E-state index contributed by atoms with van der Waals surface area (Å²) in [5.41, 5.74) is 4.84. The second-order valence-corrected chi connectivity index (χ2v) is 6.41. The number of thioether (sulfide) groups is 1. The predicted octanol–water partition coefficient (Wildman–Crippen LogP) is 2.36. The van der Waals surface area contributed by atoms with Crippen molar-refractivity contribution in [2.24, 2.45) is 5.10 Å². The normalized spacial score (nSPS) is 10.7. The summed E-state index contributed by atoms with van der Waals surface area (Å²) in [7, 11) is 4.62. The largest absolute Gasteiger partial charge is 0.496 e. The summed E-state index contributed by atoms with van der Waals surface area (Å²) in [6.45, 7) is 3.78. The Hall–Kier alpha value is -2.81. The minimum absolute atomic E-state index is 0.156. The first-order valence-electron chi connectivity index (χ1n) is 8.03.